The van der Waals surface area contributed by atoms with Crippen molar-refractivity contribution in [2.24, 2.45) is 10.1 Å². The van der Waals surface area contributed by atoms with Crippen LogP contribution in [0.4, 0.5) is 5.69 Å². The molecule has 0 amide bonds. The van der Waals surface area contributed by atoms with Crippen molar-refractivity contribution in [3.8, 4) is 16.9 Å². The van der Waals surface area contributed by atoms with Gasteiger partial charge in [-0.1, -0.05) is 48.5 Å². The molecular weight excluding hydrogens is 416 g/mol. The van der Waals surface area contributed by atoms with Crippen LogP contribution < -0.4 is 4.80 Å². The third-order valence-electron chi connectivity index (χ3n) is 4.84. The minimum absolute atomic E-state index is 0.781. The topological polar surface area (TPSA) is 60.4 Å². The first-order valence-corrected chi connectivity index (χ1v) is 11.0. The number of aromatic nitrogens is 4. The van der Waals surface area contributed by atoms with E-state index in [0.29, 0.717) is 0 Å². The molecule has 0 bridgehead atoms. The zero-order valence-electron chi connectivity index (χ0n) is 17.4. The van der Waals surface area contributed by atoms with Gasteiger partial charge in [0.05, 0.1) is 29.5 Å². The summed E-state index contributed by atoms with van der Waals surface area (Å²) in [5.74, 6) is 0. The molecule has 32 heavy (non-hydrogen) atoms. The number of nitrogens with zero attached hydrogens (tertiary/aromatic N) is 6. The molecule has 7 heteroatoms. The molecule has 3 heterocycles. The molecule has 156 valence electrons. The third-order valence-corrected chi connectivity index (χ3v) is 5.78. The Morgan fingerprint density at radius 1 is 0.938 bits per heavy atom. The number of pyridine rings is 1. The summed E-state index contributed by atoms with van der Waals surface area (Å²) in [6.45, 7) is 2.02. The fraction of sp³-hybridized carbons (Fsp3) is 0.0400. The summed E-state index contributed by atoms with van der Waals surface area (Å²) < 4.78 is 3.72. The fourth-order valence-corrected chi connectivity index (χ4v) is 4.09. The van der Waals surface area contributed by atoms with Crippen LogP contribution in [-0.4, -0.2) is 25.7 Å². The predicted molar refractivity (Wildman–Crippen MR) is 128 cm³/mol. The van der Waals surface area contributed by atoms with Gasteiger partial charge in [0.25, 0.3) is 0 Å². The van der Waals surface area contributed by atoms with E-state index in [1.54, 1.807) is 23.7 Å². The van der Waals surface area contributed by atoms with E-state index in [2.05, 4.69) is 17.1 Å². The van der Waals surface area contributed by atoms with Gasteiger partial charge in [-0.2, -0.15) is 10.2 Å². The molecular formula is C25H20N6S. The Kier molecular flexibility index (Phi) is 5.55. The molecule has 0 atom stereocenters. The van der Waals surface area contributed by atoms with Crippen LogP contribution in [0, 0.1) is 6.92 Å². The second-order valence-corrected chi connectivity index (χ2v) is 7.95. The summed E-state index contributed by atoms with van der Waals surface area (Å²) in [7, 11) is 0. The maximum absolute atomic E-state index is 4.85. The molecule has 0 aliphatic carbocycles. The Balaban J connectivity index is 1.58. The third kappa shape index (κ3) is 4.19. The highest BCUT2D eigenvalue weighted by atomic mass is 32.1. The second-order valence-electron chi connectivity index (χ2n) is 7.12. The fourth-order valence-electron chi connectivity index (χ4n) is 3.27. The van der Waals surface area contributed by atoms with E-state index in [9.17, 15) is 0 Å². The molecule has 0 unspecified atom stereocenters. The van der Waals surface area contributed by atoms with Crippen molar-refractivity contribution in [3.63, 3.8) is 0 Å². The smallest absolute Gasteiger partial charge is 0.211 e. The lowest BCUT2D eigenvalue weighted by Crippen LogP contribution is -2.11. The van der Waals surface area contributed by atoms with Gasteiger partial charge in [0.1, 0.15) is 5.69 Å². The molecule has 3 aromatic heterocycles. The summed E-state index contributed by atoms with van der Waals surface area (Å²) in [5.41, 5.74) is 5.63. The minimum Gasteiger partial charge on any atom is -0.262 e. The van der Waals surface area contributed by atoms with Gasteiger partial charge in [0.15, 0.2) is 0 Å². The van der Waals surface area contributed by atoms with Gasteiger partial charge in [-0.15, -0.1) is 11.3 Å². The van der Waals surface area contributed by atoms with E-state index in [1.807, 2.05) is 94.7 Å². The quantitative estimate of drug-likeness (QED) is 0.355. The zero-order valence-corrected chi connectivity index (χ0v) is 18.2. The van der Waals surface area contributed by atoms with Crippen LogP contribution >= 0.6 is 11.3 Å². The summed E-state index contributed by atoms with van der Waals surface area (Å²) >= 11 is 1.54. The molecule has 6 nitrogen and oxygen atoms in total. The first kappa shape index (κ1) is 19.8. The minimum atomic E-state index is 0.781. The summed E-state index contributed by atoms with van der Waals surface area (Å²) in [4.78, 5) is 9.61. The molecule has 0 aliphatic rings. The van der Waals surface area contributed by atoms with Crippen LogP contribution in [0.2, 0.25) is 0 Å². The molecule has 0 saturated heterocycles. The highest BCUT2D eigenvalue weighted by molar-refractivity contribution is 7.07. The van der Waals surface area contributed by atoms with E-state index in [1.165, 1.54) is 0 Å². The van der Waals surface area contributed by atoms with Crippen molar-refractivity contribution in [3.05, 3.63) is 113 Å². The van der Waals surface area contributed by atoms with E-state index in [4.69, 9.17) is 15.2 Å². The molecule has 0 radical (unpaired) electrons. The van der Waals surface area contributed by atoms with Crippen molar-refractivity contribution in [1.29, 1.82) is 0 Å². The van der Waals surface area contributed by atoms with E-state index in [0.717, 1.165) is 38.7 Å². The monoisotopic (exact) mass is 436 g/mol. The van der Waals surface area contributed by atoms with Crippen molar-refractivity contribution in [2.75, 3.05) is 0 Å². The van der Waals surface area contributed by atoms with E-state index >= 15 is 0 Å². The summed E-state index contributed by atoms with van der Waals surface area (Å²) in [6.07, 6.45) is 7.32. The van der Waals surface area contributed by atoms with Crippen LogP contribution in [0.1, 0.15) is 11.3 Å². The van der Waals surface area contributed by atoms with Crippen LogP contribution in [0.3, 0.4) is 0 Å². The molecule has 0 fully saturated rings. The van der Waals surface area contributed by atoms with Gasteiger partial charge in [-0.05, 0) is 31.2 Å². The Hall–Kier alpha value is -4.10. The number of hydrogen-bond acceptors (Lipinski definition) is 5. The van der Waals surface area contributed by atoms with Gasteiger partial charge in [0.2, 0.25) is 4.80 Å². The number of hydrogen-bond donors (Lipinski definition) is 0. The van der Waals surface area contributed by atoms with Gasteiger partial charge in [-0.3, -0.25) is 4.98 Å². The second kappa shape index (κ2) is 8.95. The Bertz CT molecular complexity index is 1410. The zero-order chi connectivity index (χ0) is 21.8. The lowest BCUT2D eigenvalue weighted by Gasteiger charge is -2.00. The lowest BCUT2D eigenvalue weighted by atomic mass is 10.1. The van der Waals surface area contributed by atoms with Crippen molar-refractivity contribution < 1.29 is 0 Å². The number of para-hydroxylation sites is 1. The highest BCUT2D eigenvalue weighted by Gasteiger charge is 2.11. The van der Waals surface area contributed by atoms with Gasteiger partial charge in [0, 0.05) is 28.9 Å². The standard InChI is InChI=1S/C25H20N6S/c1-19-18-32-25(28-22-11-8-14-26-16-22)31(19)27-15-21-17-30(23-12-6-3-7-13-23)29-24(21)20-9-4-2-5-10-20/h2-18H,1H3. The molecule has 2 aromatic carbocycles. The molecule has 0 N–H and O–H groups in total. The number of aryl methyl sites for hydroxylation is 1. The van der Waals surface area contributed by atoms with Crippen LogP contribution in [0.15, 0.2) is 107 Å². The Labute approximate surface area is 189 Å². The number of thiazole rings is 1. The first-order chi connectivity index (χ1) is 15.8. The molecule has 5 rings (SSSR count). The van der Waals surface area contributed by atoms with Crippen LogP contribution in [0.5, 0.6) is 0 Å². The molecule has 0 aliphatic heterocycles. The predicted octanol–water partition coefficient (Wildman–Crippen LogP) is 5.22. The maximum atomic E-state index is 4.85. The van der Waals surface area contributed by atoms with Gasteiger partial charge in [-0.25, -0.2) is 14.4 Å². The maximum Gasteiger partial charge on any atom is 0.211 e. The van der Waals surface area contributed by atoms with Crippen molar-refractivity contribution >= 4 is 23.2 Å². The van der Waals surface area contributed by atoms with Crippen molar-refractivity contribution in [2.45, 2.75) is 6.92 Å². The van der Waals surface area contributed by atoms with Crippen LogP contribution in [0.25, 0.3) is 16.9 Å². The normalized spacial score (nSPS) is 12.0. The van der Waals surface area contributed by atoms with E-state index < -0.39 is 0 Å². The first-order valence-electron chi connectivity index (χ1n) is 10.1. The summed E-state index contributed by atoms with van der Waals surface area (Å²) in [6, 6.07) is 24.0. The van der Waals surface area contributed by atoms with Crippen LogP contribution in [-0.2, 0) is 0 Å². The summed E-state index contributed by atoms with van der Waals surface area (Å²) in [5, 5.41) is 11.6. The lowest BCUT2D eigenvalue weighted by molar-refractivity contribution is 0.809. The highest BCUT2D eigenvalue weighted by Crippen LogP contribution is 2.22. The Morgan fingerprint density at radius 3 is 2.47 bits per heavy atom. The number of benzene rings is 2. The number of rotatable bonds is 5. The molecule has 5 aromatic rings. The van der Waals surface area contributed by atoms with Gasteiger partial charge >= 0.3 is 0 Å². The van der Waals surface area contributed by atoms with E-state index in [-0.39, 0.29) is 0 Å². The Morgan fingerprint density at radius 2 is 1.72 bits per heavy atom. The SMILES string of the molecule is Cc1csc(=Nc2cccnc2)n1N=Cc1cn(-c2ccccc2)nc1-c1ccccc1. The average Bonchev–Trinajstić information content (AvgIpc) is 3.43. The van der Waals surface area contributed by atoms with Crippen molar-refractivity contribution in [1.82, 2.24) is 19.4 Å². The average molecular weight is 437 g/mol. The molecule has 0 saturated carbocycles. The van der Waals surface area contributed by atoms with Gasteiger partial charge < -0.3 is 0 Å². The molecule has 0 spiro atoms. The largest absolute Gasteiger partial charge is 0.262 e.